The summed E-state index contributed by atoms with van der Waals surface area (Å²) >= 11 is 0. The van der Waals surface area contributed by atoms with Gasteiger partial charge in [0.05, 0.1) is 9.82 Å². The second kappa shape index (κ2) is 7.35. The lowest BCUT2D eigenvalue weighted by atomic mass is 10.1. The highest BCUT2D eigenvalue weighted by Crippen LogP contribution is 2.18. The van der Waals surface area contributed by atoms with Gasteiger partial charge in [-0.15, -0.1) is 0 Å². The van der Waals surface area contributed by atoms with E-state index in [1.54, 1.807) is 6.92 Å². The molecule has 1 aromatic carbocycles. The molecule has 0 aromatic heterocycles. The zero-order chi connectivity index (χ0) is 15.2. The van der Waals surface area contributed by atoms with E-state index < -0.39 is 14.9 Å². The van der Waals surface area contributed by atoms with Gasteiger partial charge in [-0.05, 0) is 19.4 Å². The predicted molar refractivity (Wildman–Crippen MR) is 77.0 cm³/mol. The molecule has 0 saturated heterocycles. The fourth-order valence-corrected chi connectivity index (χ4v) is 3.17. The van der Waals surface area contributed by atoms with Gasteiger partial charge in [0, 0.05) is 18.2 Å². The van der Waals surface area contributed by atoms with Crippen molar-refractivity contribution in [2.24, 2.45) is 0 Å². The second-order valence-electron chi connectivity index (χ2n) is 4.77. The molecular weight excluding hydrogens is 280 g/mol. The molecule has 1 N–H and O–H groups in total. The number of nitro benzene ring substituents is 1. The summed E-state index contributed by atoms with van der Waals surface area (Å²) in [7, 11) is -3.71. The lowest BCUT2D eigenvalue weighted by Gasteiger charge is -2.13. The summed E-state index contributed by atoms with van der Waals surface area (Å²) in [6.45, 7) is 3.88. The van der Waals surface area contributed by atoms with Gasteiger partial charge in [0.25, 0.3) is 5.69 Å². The number of sulfonamides is 1. The van der Waals surface area contributed by atoms with Gasteiger partial charge in [0.2, 0.25) is 10.0 Å². The van der Waals surface area contributed by atoms with E-state index in [9.17, 15) is 18.5 Å². The molecule has 0 bridgehead atoms. The molecule has 0 radical (unpaired) electrons. The highest BCUT2D eigenvalue weighted by molar-refractivity contribution is 7.89. The summed E-state index contributed by atoms with van der Waals surface area (Å²) in [5.41, 5.74) is -0.230. The number of nitrogens with zero attached hydrogens (tertiary/aromatic N) is 1. The van der Waals surface area contributed by atoms with Gasteiger partial charge in [-0.1, -0.05) is 32.3 Å². The van der Waals surface area contributed by atoms with Crippen molar-refractivity contribution >= 4 is 15.7 Å². The molecule has 1 rings (SSSR count). The number of nitro groups is 1. The molecule has 0 aliphatic carbocycles. The van der Waals surface area contributed by atoms with E-state index in [2.05, 4.69) is 11.6 Å². The van der Waals surface area contributed by atoms with Crippen LogP contribution in [-0.2, 0) is 10.0 Å². The molecule has 0 saturated carbocycles. The van der Waals surface area contributed by atoms with Crippen LogP contribution in [0.4, 0.5) is 5.69 Å². The first-order valence-electron chi connectivity index (χ1n) is 6.63. The summed E-state index contributed by atoms with van der Waals surface area (Å²) in [6.07, 6.45) is 3.84. The first kappa shape index (κ1) is 16.6. The van der Waals surface area contributed by atoms with Crippen molar-refractivity contribution in [2.75, 3.05) is 0 Å². The molecule has 6 nitrogen and oxygen atoms in total. The van der Waals surface area contributed by atoms with E-state index in [1.165, 1.54) is 18.2 Å². The van der Waals surface area contributed by atoms with Crippen LogP contribution >= 0.6 is 0 Å². The Bertz CT molecular complexity index is 557. The van der Waals surface area contributed by atoms with Gasteiger partial charge in [-0.25, -0.2) is 13.1 Å². The van der Waals surface area contributed by atoms with Crippen molar-refractivity contribution in [1.29, 1.82) is 0 Å². The van der Waals surface area contributed by atoms with Crippen molar-refractivity contribution in [1.82, 2.24) is 4.72 Å². The largest absolute Gasteiger partial charge is 0.270 e. The lowest BCUT2D eigenvalue weighted by molar-refractivity contribution is -0.385. The molecule has 20 heavy (non-hydrogen) atoms. The minimum atomic E-state index is -3.71. The van der Waals surface area contributed by atoms with E-state index in [-0.39, 0.29) is 16.6 Å². The molecular formula is C13H20N2O4S. The maximum absolute atomic E-state index is 12.1. The maximum Gasteiger partial charge on any atom is 0.270 e. The van der Waals surface area contributed by atoms with Gasteiger partial charge >= 0.3 is 0 Å². The monoisotopic (exact) mass is 300 g/mol. The number of rotatable bonds is 8. The molecule has 7 heteroatoms. The molecule has 0 amide bonds. The molecule has 0 spiro atoms. The number of unbranched alkanes of at least 4 members (excludes halogenated alkanes) is 2. The first-order valence-corrected chi connectivity index (χ1v) is 8.12. The smallest absolute Gasteiger partial charge is 0.258 e. The summed E-state index contributed by atoms with van der Waals surface area (Å²) < 4.78 is 26.8. The molecule has 0 heterocycles. The van der Waals surface area contributed by atoms with Crippen LogP contribution in [0, 0.1) is 10.1 Å². The van der Waals surface area contributed by atoms with Crippen LogP contribution in [0.2, 0.25) is 0 Å². The molecule has 1 atom stereocenters. The molecule has 0 fully saturated rings. The molecule has 0 aliphatic heterocycles. The SMILES string of the molecule is CCCCCC(C)NS(=O)(=O)c1cccc([N+](=O)[O-])c1. The zero-order valence-electron chi connectivity index (χ0n) is 11.7. The van der Waals surface area contributed by atoms with Crippen LogP contribution in [0.25, 0.3) is 0 Å². The number of hydrogen-bond acceptors (Lipinski definition) is 4. The van der Waals surface area contributed by atoms with Crippen LogP contribution in [0.15, 0.2) is 29.2 Å². The topological polar surface area (TPSA) is 89.3 Å². The van der Waals surface area contributed by atoms with Gasteiger partial charge in [0.15, 0.2) is 0 Å². The summed E-state index contributed by atoms with van der Waals surface area (Å²) in [5, 5.41) is 10.7. The van der Waals surface area contributed by atoms with Gasteiger partial charge in [-0.3, -0.25) is 10.1 Å². The predicted octanol–water partition coefficient (Wildman–Crippen LogP) is 2.84. The van der Waals surface area contributed by atoms with E-state index in [0.717, 1.165) is 31.7 Å². The minimum Gasteiger partial charge on any atom is -0.258 e. The normalized spacial score (nSPS) is 13.1. The van der Waals surface area contributed by atoms with E-state index in [1.807, 2.05) is 0 Å². The highest BCUT2D eigenvalue weighted by atomic mass is 32.2. The Kier molecular flexibility index (Phi) is 6.09. The van der Waals surface area contributed by atoms with Gasteiger partial charge in [0.1, 0.15) is 0 Å². The van der Waals surface area contributed by atoms with E-state index >= 15 is 0 Å². The summed E-state index contributed by atoms with van der Waals surface area (Å²) in [5.74, 6) is 0. The highest BCUT2D eigenvalue weighted by Gasteiger charge is 2.19. The Morgan fingerprint density at radius 1 is 1.35 bits per heavy atom. The van der Waals surface area contributed by atoms with Gasteiger partial charge < -0.3 is 0 Å². The van der Waals surface area contributed by atoms with E-state index in [4.69, 9.17) is 0 Å². The Balaban J connectivity index is 2.78. The molecule has 1 aromatic rings. The van der Waals surface area contributed by atoms with Crippen LogP contribution in [0.1, 0.15) is 39.5 Å². The quantitative estimate of drug-likeness (QED) is 0.454. The van der Waals surface area contributed by atoms with Gasteiger partial charge in [-0.2, -0.15) is 0 Å². The van der Waals surface area contributed by atoms with Crippen LogP contribution in [0.5, 0.6) is 0 Å². The standard InChI is InChI=1S/C13H20N2O4S/c1-3-4-5-7-11(2)14-20(18,19)13-9-6-8-12(10-13)15(16)17/h6,8-11,14H,3-5,7H2,1-2H3. The Hall–Kier alpha value is -1.47. The maximum atomic E-state index is 12.1. The third-order valence-corrected chi connectivity index (χ3v) is 4.52. The third-order valence-electron chi connectivity index (χ3n) is 2.94. The van der Waals surface area contributed by atoms with Crippen LogP contribution in [-0.4, -0.2) is 19.4 Å². The van der Waals surface area contributed by atoms with Crippen molar-refractivity contribution in [3.63, 3.8) is 0 Å². The average molecular weight is 300 g/mol. The van der Waals surface area contributed by atoms with Crippen molar-refractivity contribution in [2.45, 2.75) is 50.5 Å². The zero-order valence-corrected chi connectivity index (χ0v) is 12.5. The van der Waals surface area contributed by atoms with Crippen LogP contribution in [0.3, 0.4) is 0 Å². The third kappa shape index (κ3) is 4.90. The number of hydrogen-bond donors (Lipinski definition) is 1. The fraction of sp³-hybridized carbons (Fsp3) is 0.538. The molecule has 112 valence electrons. The van der Waals surface area contributed by atoms with Crippen molar-refractivity contribution in [3.8, 4) is 0 Å². The first-order chi connectivity index (χ1) is 9.36. The molecule has 0 aliphatic rings. The summed E-state index contributed by atoms with van der Waals surface area (Å²) in [6, 6.07) is 4.87. The second-order valence-corrected chi connectivity index (χ2v) is 6.49. The minimum absolute atomic E-state index is 0.0750. The summed E-state index contributed by atoms with van der Waals surface area (Å²) in [4.78, 5) is 9.98. The van der Waals surface area contributed by atoms with E-state index in [0.29, 0.717) is 0 Å². The van der Waals surface area contributed by atoms with Crippen molar-refractivity contribution < 1.29 is 13.3 Å². The lowest BCUT2D eigenvalue weighted by Crippen LogP contribution is -2.32. The number of benzene rings is 1. The number of nitrogens with one attached hydrogen (secondary N) is 1. The molecule has 1 unspecified atom stereocenters. The van der Waals surface area contributed by atoms with Crippen LogP contribution < -0.4 is 4.72 Å². The Morgan fingerprint density at radius 2 is 2.05 bits per heavy atom. The average Bonchev–Trinajstić information content (AvgIpc) is 2.38. The number of non-ortho nitro benzene ring substituents is 1. The van der Waals surface area contributed by atoms with Crippen molar-refractivity contribution in [3.05, 3.63) is 34.4 Å². The Morgan fingerprint density at radius 3 is 2.65 bits per heavy atom. The Labute approximate surface area is 119 Å². The fourth-order valence-electron chi connectivity index (χ4n) is 1.86.